The Morgan fingerprint density at radius 2 is 1.83 bits per heavy atom. The second kappa shape index (κ2) is 8.31. The highest BCUT2D eigenvalue weighted by atomic mass is 14.9. The van der Waals surface area contributed by atoms with E-state index in [0.717, 1.165) is 13.0 Å². The molecule has 0 unspecified atom stereocenters. The summed E-state index contributed by atoms with van der Waals surface area (Å²) in [5.74, 6) is 0.648. The van der Waals surface area contributed by atoms with Crippen molar-refractivity contribution >= 4 is 0 Å². The number of allylic oxidation sites excluding steroid dienone is 7. The molecule has 0 saturated heterocycles. The van der Waals surface area contributed by atoms with Gasteiger partial charge in [-0.15, -0.1) is 0 Å². The van der Waals surface area contributed by atoms with Gasteiger partial charge in [-0.1, -0.05) is 36.0 Å². The molecule has 0 spiro atoms. The average Bonchev–Trinajstić information content (AvgIpc) is 2.63. The van der Waals surface area contributed by atoms with Gasteiger partial charge < -0.3 is 5.32 Å². The number of hydrogen-bond donors (Lipinski definition) is 1. The van der Waals surface area contributed by atoms with Crippen LogP contribution in [0.2, 0.25) is 0 Å². The zero-order valence-electron chi connectivity index (χ0n) is 14.1. The van der Waals surface area contributed by atoms with E-state index >= 15 is 0 Å². The SMILES string of the molecule is N#CCC1CCC(NCC2=CC=C(C3=CC=CCC3)CC2)CC1. The Bertz CT molecular complexity index is 563. The van der Waals surface area contributed by atoms with E-state index in [1.165, 1.54) is 62.5 Å². The van der Waals surface area contributed by atoms with Crippen molar-refractivity contribution in [3.63, 3.8) is 0 Å². The van der Waals surface area contributed by atoms with Crippen LogP contribution in [-0.4, -0.2) is 12.6 Å². The third-order valence-electron chi connectivity index (χ3n) is 5.51. The van der Waals surface area contributed by atoms with Crippen LogP contribution in [0.4, 0.5) is 0 Å². The lowest BCUT2D eigenvalue weighted by atomic mass is 9.84. The summed E-state index contributed by atoms with van der Waals surface area (Å²) in [6.45, 7) is 1.04. The van der Waals surface area contributed by atoms with Crippen LogP contribution in [0, 0.1) is 17.2 Å². The van der Waals surface area contributed by atoms with Crippen LogP contribution in [-0.2, 0) is 0 Å². The molecule has 0 heterocycles. The highest BCUT2D eigenvalue weighted by Crippen LogP contribution is 2.29. The van der Waals surface area contributed by atoms with E-state index in [-0.39, 0.29) is 0 Å². The number of nitrogens with zero attached hydrogens (tertiary/aromatic N) is 1. The quantitative estimate of drug-likeness (QED) is 0.778. The molecule has 0 radical (unpaired) electrons. The Hall–Kier alpha value is -1.59. The Morgan fingerprint density at radius 3 is 2.48 bits per heavy atom. The zero-order chi connectivity index (χ0) is 15.9. The van der Waals surface area contributed by atoms with Crippen molar-refractivity contribution in [1.29, 1.82) is 5.26 Å². The van der Waals surface area contributed by atoms with Crippen LogP contribution < -0.4 is 5.32 Å². The number of hydrogen-bond acceptors (Lipinski definition) is 2. The normalized spacial score (nSPS) is 27.7. The van der Waals surface area contributed by atoms with E-state index in [9.17, 15) is 0 Å². The Kier molecular flexibility index (Phi) is 5.88. The number of nitriles is 1. The summed E-state index contributed by atoms with van der Waals surface area (Å²) in [4.78, 5) is 0. The summed E-state index contributed by atoms with van der Waals surface area (Å²) in [7, 11) is 0. The summed E-state index contributed by atoms with van der Waals surface area (Å²) < 4.78 is 0. The van der Waals surface area contributed by atoms with E-state index in [1.54, 1.807) is 5.57 Å². The standard InChI is InChI=1S/C21H28N2/c22-15-14-17-8-12-21(13-9-17)23-16-18-6-10-20(11-7-18)19-4-2-1-3-5-19/h1-2,4,6,10,17,21,23H,3,5,7-9,11-14,16H2. The molecule has 2 nitrogen and oxygen atoms in total. The second-order valence-electron chi connectivity index (χ2n) is 7.14. The largest absolute Gasteiger partial charge is 0.310 e. The first kappa shape index (κ1) is 16.3. The van der Waals surface area contributed by atoms with Gasteiger partial charge in [0.1, 0.15) is 0 Å². The summed E-state index contributed by atoms with van der Waals surface area (Å²) in [6.07, 6.45) is 21.9. The molecular weight excluding hydrogens is 280 g/mol. The monoisotopic (exact) mass is 308 g/mol. The fourth-order valence-corrected chi connectivity index (χ4v) is 3.94. The van der Waals surface area contributed by atoms with Gasteiger partial charge >= 0.3 is 0 Å². The lowest BCUT2D eigenvalue weighted by molar-refractivity contribution is 0.299. The molecule has 0 atom stereocenters. The van der Waals surface area contributed by atoms with Crippen molar-refractivity contribution in [2.75, 3.05) is 6.54 Å². The number of rotatable bonds is 5. The smallest absolute Gasteiger partial charge is 0.0624 e. The minimum absolute atomic E-state index is 0.648. The molecular formula is C21H28N2. The zero-order valence-corrected chi connectivity index (χ0v) is 14.1. The van der Waals surface area contributed by atoms with Crippen LogP contribution in [0.15, 0.2) is 47.1 Å². The van der Waals surface area contributed by atoms with Crippen molar-refractivity contribution in [2.24, 2.45) is 5.92 Å². The van der Waals surface area contributed by atoms with Gasteiger partial charge in [-0.3, -0.25) is 0 Å². The predicted molar refractivity (Wildman–Crippen MR) is 95.8 cm³/mol. The van der Waals surface area contributed by atoms with Gasteiger partial charge in [0.25, 0.3) is 0 Å². The first-order valence-corrected chi connectivity index (χ1v) is 9.20. The van der Waals surface area contributed by atoms with Gasteiger partial charge in [-0.25, -0.2) is 0 Å². The Balaban J connectivity index is 1.44. The van der Waals surface area contributed by atoms with Gasteiger partial charge in [0.05, 0.1) is 6.07 Å². The van der Waals surface area contributed by atoms with E-state index in [1.807, 2.05) is 0 Å². The Morgan fingerprint density at radius 1 is 1.00 bits per heavy atom. The van der Waals surface area contributed by atoms with E-state index in [2.05, 4.69) is 41.8 Å². The molecule has 0 bridgehead atoms. The van der Waals surface area contributed by atoms with Crippen molar-refractivity contribution in [3.8, 4) is 6.07 Å². The molecule has 0 aromatic heterocycles. The molecule has 122 valence electrons. The van der Waals surface area contributed by atoms with E-state index in [4.69, 9.17) is 5.26 Å². The van der Waals surface area contributed by atoms with Gasteiger partial charge in [0.2, 0.25) is 0 Å². The van der Waals surface area contributed by atoms with Gasteiger partial charge in [-0.2, -0.15) is 5.26 Å². The summed E-state index contributed by atoms with van der Waals surface area (Å²) >= 11 is 0. The molecule has 3 aliphatic carbocycles. The first-order chi connectivity index (χ1) is 11.3. The highest BCUT2D eigenvalue weighted by molar-refractivity contribution is 5.41. The Labute approximate surface area is 140 Å². The topological polar surface area (TPSA) is 35.8 Å². The van der Waals surface area contributed by atoms with Crippen LogP contribution in [0.3, 0.4) is 0 Å². The summed E-state index contributed by atoms with van der Waals surface area (Å²) in [5.41, 5.74) is 4.61. The van der Waals surface area contributed by atoms with Gasteiger partial charge in [0, 0.05) is 19.0 Å². The van der Waals surface area contributed by atoms with E-state index < -0.39 is 0 Å². The van der Waals surface area contributed by atoms with Gasteiger partial charge in [-0.05, 0) is 68.4 Å². The van der Waals surface area contributed by atoms with Crippen LogP contribution >= 0.6 is 0 Å². The van der Waals surface area contributed by atoms with Crippen molar-refractivity contribution in [1.82, 2.24) is 5.32 Å². The van der Waals surface area contributed by atoms with Crippen LogP contribution in [0.5, 0.6) is 0 Å². The maximum Gasteiger partial charge on any atom is 0.0624 e. The fraction of sp³-hybridized carbons (Fsp3) is 0.571. The minimum atomic E-state index is 0.648. The molecule has 0 aliphatic heterocycles. The molecule has 3 rings (SSSR count). The molecule has 3 aliphatic rings. The third kappa shape index (κ3) is 4.69. The molecule has 0 aromatic rings. The maximum atomic E-state index is 8.79. The van der Waals surface area contributed by atoms with Crippen LogP contribution in [0.25, 0.3) is 0 Å². The molecule has 2 heteroatoms. The first-order valence-electron chi connectivity index (χ1n) is 9.20. The molecule has 0 aromatic carbocycles. The maximum absolute atomic E-state index is 8.79. The number of nitrogens with one attached hydrogen (secondary N) is 1. The van der Waals surface area contributed by atoms with E-state index in [0.29, 0.717) is 12.0 Å². The minimum Gasteiger partial charge on any atom is -0.310 e. The second-order valence-corrected chi connectivity index (χ2v) is 7.14. The lowest BCUT2D eigenvalue weighted by Gasteiger charge is -2.28. The average molecular weight is 308 g/mol. The summed E-state index contributed by atoms with van der Waals surface area (Å²) in [5, 5.41) is 12.5. The molecule has 0 amide bonds. The molecule has 1 fully saturated rings. The fourth-order valence-electron chi connectivity index (χ4n) is 3.94. The molecule has 1 saturated carbocycles. The molecule has 23 heavy (non-hydrogen) atoms. The predicted octanol–water partition coefficient (Wildman–Crippen LogP) is 4.97. The third-order valence-corrected chi connectivity index (χ3v) is 5.51. The van der Waals surface area contributed by atoms with Crippen LogP contribution in [0.1, 0.15) is 57.8 Å². The van der Waals surface area contributed by atoms with Crippen molar-refractivity contribution in [2.45, 2.75) is 63.8 Å². The molecule has 1 N–H and O–H groups in total. The highest BCUT2D eigenvalue weighted by Gasteiger charge is 2.21. The van der Waals surface area contributed by atoms with Gasteiger partial charge in [0.15, 0.2) is 0 Å². The lowest BCUT2D eigenvalue weighted by Crippen LogP contribution is -2.34. The van der Waals surface area contributed by atoms with Crippen molar-refractivity contribution in [3.05, 3.63) is 47.1 Å². The summed E-state index contributed by atoms with van der Waals surface area (Å²) in [6, 6.07) is 2.98. The van der Waals surface area contributed by atoms with Crippen molar-refractivity contribution < 1.29 is 0 Å².